The first-order valence-corrected chi connectivity index (χ1v) is 45.1. The van der Waals surface area contributed by atoms with Gasteiger partial charge in [-0.15, -0.1) is 11.8 Å². The van der Waals surface area contributed by atoms with E-state index in [1.807, 2.05) is 13.8 Å². The molecule has 3 aromatic carbocycles. The summed E-state index contributed by atoms with van der Waals surface area (Å²) in [6.07, 6.45) is 1.35. The number of aliphatic carboxylic acids is 1. The van der Waals surface area contributed by atoms with E-state index >= 15 is 33.6 Å². The quantitative estimate of drug-likeness (QED) is 0.0176. The number of thioether (sulfide) groups is 1. The molecule has 3 fully saturated rings. The van der Waals surface area contributed by atoms with Gasteiger partial charge < -0.3 is 125 Å². The van der Waals surface area contributed by atoms with Gasteiger partial charge in [0.05, 0.1) is 24.9 Å². The second-order valence-electron chi connectivity index (χ2n) is 33.8. The van der Waals surface area contributed by atoms with Crippen LogP contribution in [-0.4, -0.2) is 317 Å². The number of nitrogens with zero attached hydrogens (tertiary/aromatic N) is 5. The van der Waals surface area contributed by atoms with E-state index in [0.717, 1.165) is 36.3 Å². The molecular weight excluding hydrogens is 1720 g/mol. The van der Waals surface area contributed by atoms with Crippen LogP contribution in [0.15, 0.2) is 85.2 Å². The number of rotatable bonds is 24. The summed E-state index contributed by atoms with van der Waals surface area (Å²) in [5.41, 5.74) is 13.9. The molecule has 0 radical (unpaired) electrons. The van der Waals surface area contributed by atoms with Crippen molar-refractivity contribution >= 4 is 140 Å². The average Bonchev–Trinajstić information content (AvgIpc) is 1.77. The summed E-state index contributed by atoms with van der Waals surface area (Å²) >= 11 is 0.732. The van der Waals surface area contributed by atoms with Gasteiger partial charge >= 0.3 is 5.97 Å². The topological polar surface area (TPSA) is 627 Å². The molecule has 131 heavy (non-hydrogen) atoms. The van der Waals surface area contributed by atoms with Crippen molar-refractivity contribution in [3.63, 3.8) is 0 Å². The lowest BCUT2D eigenvalue weighted by Gasteiger charge is -2.36. The van der Waals surface area contributed by atoms with E-state index in [1.54, 1.807) is 74.8 Å². The summed E-state index contributed by atoms with van der Waals surface area (Å²) in [5.74, 6) is -18.6. The van der Waals surface area contributed by atoms with E-state index in [-0.39, 0.29) is 95.4 Å². The van der Waals surface area contributed by atoms with E-state index in [2.05, 4.69) is 68.5 Å². The normalized spacial score (nSPS) is 25.2. The number of unbranched alkanes of at least 4 members (excludes halogenated alkanes) is 2. The minimum Gasteiger partial charge on any atom is -0.508 e. The molecule has 3 saturated heterocycles. The number of primary amides is 1. The number of carbonyl (C=O) groups excluding carboxylic acids is 16. The lowest BCUT2D eigenvalue weighted by atomic mass is 10.00. The molecule has 0 aliphatic carbocycles. The van der Waals surface area contributed by atoms with Gasteiger partial charge in [-0.3, -0.25) is 86.9 Å². The molecule has 2 aromatic heterocycles. The lowest BCUT2D eigenvalue weighted by Crippen LogP contribution is -2.61. The molecule has 42 nitrogen and oxygen atoms in total. The van der Waals surface area contributed by atoms with Gasteiger partial charge in [0.15, 0.2) is 5.96 Å². The first kappa shape index (κ1) is 103. The zero-order chi connectivity index (χ0) is 96.2. The molecule has 43 heteroatoms. The van der Waals surface area contributed by atoms with E-state index < -0.39 is 235 Å². The van der Waals surface area contributed by atoms with Crippen LogP contribution in [-0.2, 0) is 101 Å². The van der Waals surface area contributed by atoms with Crippen LogP contribution in [0.1, 0.15) is 142 Å². The van der Waals surface area contributed by atoms with Crippen molar-refractivity contribution < 1.29 is 102 Å². The molecule has 0 spiro atoms. The van der Waals surface area contributed by atoms with E-state index in [4.69, 9.17) is 16.9 Å². The minimum atomic E-state index is -1.89. The molecule has 3 aliphatic rings. The highest BCUT2D eigenvalue weighted by atomic mass is 32.2. The number of carboxylic acid groups (broad SMARTS) is 1. The lowest BCUT2D eigenvalue weighted by molar-refractivity contribution is -0.149. The van der Waals surface area contributed by atoms with Crippen LogP contribution >= 0.6 is 11.8 Å². The Kier molecular flexibility index (Phi) is 38.8. The van der Waals surface area contributed by atoms with Crippen molar-refractivity contribution in [2.24, 2.45) is 17.4 Å². The number of aliphatic hydroxyl groups is 2. The number of hydrogen-bond donors (Lipinski definition) is 20. The number of hydrogen-bond acceptors (Lipinski definition) is 22. The predicted molar refractivity (Wildman–Crippen MR) is 482 cm³/mol. The number of fused-ring (bicyclic) bond motifs is 4. The van der Waals surface area contributed by atoms with E-state index in [9.17, 15) is 68.4 Å². The predicted octanol–water partition coefficient (Wildman–Crippen LogP) is -2.28. The first-order chi connectivity index (χ1) is 62.2. The summed E-state index contributed by atoms with van der Waals surface area (Å²) in [6, 6.07) is -2.07. The number of aromatic nitrogens is 2. The van der Waals surface area contributed by atoms with Crippen LogP contribution in [0.4, 0.5) is 0 Å². The summed E-state index contributed by atoms with van der Waals surface area (Å²) in [6.45, 7) is 7.11. The number of aliphatic hydroxyl groups excluding tert-OH is 2. The summed E-state index contributed by atoms with van der Waals surface area (Å²) in [7, 11) is 3.88. The van der Waals surface area contributed by atoms with Gasteiger partial charge in [0.2, 0.25) is 94.5 Å². The number of nitrogens with one attached hydrogen (secondary N) is 14. The highest BCUT2D eigenvalue weighted by Gasteiger charge is 2.46. The monoisotopic (exact) mass is 1840 g/mol. The standard InChI is InChI=1S/C88H125N21O21S/c1-10-12-25-67-80(123)98-59(24-18-32-92-88(90)91)77(120)104-66(76(119)95-42-73(115)116)45-131-46-72(114)97-62(35-50-28-30-53(111)31-29-50)83(126)105(7)49(6)75(118)101-64(39-71(89)113)85(128)108-33-19-27-68(108)81(124)96-48(5)74(117)100-61(34-47(3)4)86(129)109-43-54(112)38-70(109)82(125)99-60(36-51-40-93-57-22-16-14-20-55(51)57)78(121)103-65(44-110)79(122)102-63(37-52-41-94-58-23-17-15-21-56(52)58)84(127)107(9)69(26-13-11-2)87(130)106(67)8/h14-17,20-23,28-31,40-41,47-49,54,59-70,93-94,110-112H,10-13,18-19,24-27,32-39,42-46H2,1-9H3,(H2,89,113)(H,95,119)(H,96,124)(H,97,114)(H,98,123)(H,99,125)(H,100,117)(H,101,118)(H,102,122)(H,103,121)(H,104,120)(H,115,116)(H4,90,91,92)/t48-,49-,54+,59-,60-,61-,62-,63-,64-,65-,66-,67-,68-,69-,70-/m0/s1. The van der Waals surface area contributed by atoms with Crippen LogP contribution in [0, 0.1) is 11.3 Å². The number of carbonyl (C=O) groups is 17. The number of H-pyrrole nitrogens is 2. The van der Waals surface area contributed by atoms with Gasteiger partial charge in [0.1, 0.15) is 96.9 Å². The number of nitrogens with two attached hydrogens (primary N) is 2. The molecule has 714 valence electrons. The van der Waals surface area contributed by atoms with Gasteiger partial charge in [0, 0.05) is 106 Å². The van der Waals surface area contributed by atoms with E-state index in [1.165, 1.54) is 59.3 Å². The average molecular weight is 1850 g/mol. The number of aromatic amines is 2. The molecule has 0 unspecified atom stereocenters. The minimum absolute atomic E-state index is 0.0139. The van der Waals surface area contributed by atoms with Crippen molar-refractivity contribution in [1.82, 2.24) is 93.0 Å². The number of para-hydroxylation sites is 2. The Morgan fingerprint density at radius 2 is 1.09 bits per heavy atom. The van der Waals surface area contributed by atoms with Gasteiger partial charge in [0.25, 0.3) is 0 Å². The van der Waals surface area contributed by atoms with Gasteiger partial charge in [-0.2, -0.15) is 0 Å². The maximum atomic E-state index is 15.7. The van der Waals surface area contributed by atoms with Crippen LogP contribution in [0.3, 0.4) is 0 Å². The Labute approximate surface area is 762 Å². The Morgan fingerprint density at radius 3 is 1.69 bits per heavy atom. The Hall–Kier alpha value is -12.9. The smallest absolute Gasteiger partial charge is 0.322 e. The largest absolute Gasteiger partial charge is 0.508 e. The van der Waals surface area contributed by atoms with Crippen LogP contribution < -0.4 is 70.0 Å². The zero-order valence-electron chi connectivity index (χ0n) is 75.1. The molecule has 8 rings (SSSR count). The number of guanidine groups is 1. The number of aromatic hydroxyl groups is 1. The zero-order valence-corrected chi connectivity index (χ0v) is 75.9. The fourth-order valence-electron chi connectivity index (χ4n) is 16.1. The molecule has 16 amide bonds. The van der Waals surface area contributed by atoms with Crippen LogP contribution in [0.25, 0.3) is 21.8 Å². The fraction of sp³-hybridized carbons (Fsp3) is 0.545. The number of likely N-dealkylation sites (N-methyl/N-ethyl adjacent to an activating group) is 3. The van der Waals surface area contributed by atoms with Crippen LogP contribution in [0.2, 0.25) is 0 Å². The molecule has 15 atom stereocenters. The van der Waals surface area contributed by atoms with Crippen molar-refractivity contribution in [2.75, 3.05) is 65.4 Å². The molecule has 5 aromatic rings. The third kappa shape index (κ3) is 29.0. The molecule has 0 saturated carbocycles. The summed E-state index contributed by atoms with van der Waals surface area (Å²) in [5, 5.41) is 80.0. The third-order valence-electron chi connectivity index (χ3n) is 23.4. The number of carboxylic acids is 1. The molecule has 3 aliphatic heterocycles. The van der Waals surface area contributed by atoms with Crippen molar-refractivity contribution in [3.8, 4) is 5.75 Å². The summed E-state index contributed by atoms with van der Waals surface area (Å²) < 4.78 is 0. The van der Waals surface area contributed by atoms with Gasteiger partial charge in [-0.05, 0) is 106 Å². The Bertz CT molecular complexity index is 4930. The SMILES string of the molecule is CCCC[C@H]1C(=O)N(C)[C@@H](CCCC)C(=O)N[C@@H](CCCNC(=N)N)C(=O)N[C@H](C(=O)NCC(=O)O)CSCC(=O)N[C@@H](Cc2ccc(O)cc2)C(=O)N(C)[C@@H](C)C(=O)N[C@@H](CC(N)=O)C(=O)N2CCC[C@H]2C(=O)N[C@@H](C)C(=O)N[C@@H](CC(C)C)C(=O)N2C[C@H](O)C[C@H]2C(=O)N[C@@H](Cc2c[nH]c3ccccc23)C(=O)N[C@@H](CO)C(=O)N[C@@H](Cc2c[nH]c3ccccc23)C(=O)N1C. The van der Waals surface area contributed by atoms with Gasteiger partial charge in [-0.1, -0.05) is 102 Å². The van der Waals surface area contributed by atoms with Crippen molar-refractivity contribution in [2.45, 2.75) is 235 Å². The van der Waals surface area contributed by atoms with Crippen LogP contribution in [0.5, 0.6) is 5.75 Å². The maximum absolute atomic E-state index is 15.7. The van der Waals surface area contributed by atoms with Crippen molar-refractivity contribution in [3.05, 3.63) is 102 Å². The first-order valence-electron chi connectivity index (χ1n) is 44.0. The fourth-order valence-corrected chi connectivity index (χ4v) is 16.9. The number of phenols is 1. The third-order valence-corrected chi connectivity index (χ3v) is 24.5. The Balaban J connectivity index is 1.18. The maximum Gasteiger partial charge on any atom is 0.322 e. The second-order valence-corrected chi connectivity index (χ2v) is 34.8. The molecular formula is C88H125N21O21S. The molecule has 22 N–H and O–H groups in total. The second kappa shape index (κ2) is 49.2. The highest BCUT2D eigenvalue weighted by Crippen LogP contribution is 2.28. The summed E-state index contributed by atoms with van der Waals surface area (Å²) in [4.78, 5) is 259. The molecule has 0 bridgehead atoms. The van der Waals surface area contributed by atoms with E-state index in [0.29, 0.717) is 64.2 Å². The highest BCUT2D eigenvalue weighted by molar-refractivity contribution is 8.00. The van der Waals surface area contributed by atoms with Crippen molar-refractivity contribution in [1.29, 1.82) is 5.41 Å². The number of amides is 16. The van der Waals surface area contributed by atoms with Gasteiger partial charge in [-0.25, -0.2) is 0 Å². The number of benzene rings is 3. The molecule has 5 heterocycles. The number of phenolic OH excluding ortho intramolecular Hbond substituents is 1. The Morgan fingerprint density at radius 1 is 0.557 bits per heavy atom.